The summed E-state index contributed by atoms with van der Waals surface area (Å²) in [5.74, 6) is 1.83. The minimum absolute atomic E-state index is 0.858. The largest absolute Gasteiger partial charge is 0.370 e. The van der Waals surface area contributed by atoms with Crippen LogP contribution in [0.25, 0.3) is 0 Å². The third-order valence-electron chi connectivity index (χ3n) is 3.27. The molecule has 0 radical (unpaired) electrons. The lowest BCUT2D eigenvalue weighted by Gasteiger charge is -2.15. The van der Waals surface area contributed by atoms with Gasteiger partial charge >= 0.3 is 0 Å². The summed E-state index contributed by atoms with van der Waals surface area (Å²) in [4.78, 5) is 8.79. The Morgan fingerprint density at radius 1 is 0.952 bits per heavy atom. The summed E-state index contributed by atoms with van der Waals surface area (Å²) in [5, 5.41) is 6.77. The molecule has 0 bridgehead atoms. The van der Waals surface area contributed by atoms with Crippen molar-refractivity contribution in [3.05, 3.63) is 41.2 Å². The standard InChI is InChI=1S/C17H24N4/c1-5-7-15-16(18-6-2)19-11-20-17(15)21-14-9-12(3)8-13(4)10-14/h8-11H,5-7H2,1-4H3,(H2,18,19,20,21). The van der Waals surface area contributed by atoms with E-state index in [1.54, 1.807) is 6.33 Å². The predicted octanol–water partition coefficient (Wildman–Crippen LogP) is 4.22. The van der Waals surface area contributed by atoms with E-state index in [0.717, 1.165) is 42.3 Å². The Bertz CT molecular complexity index is 587. The van der Waals surface area contributed by atoms with Crippen molar-refractivity contribution in [3.63, 3.8) is 0 Å². The zero-order chi connectivity index (χ0) is 15.2. The second-order valence-corrected chi connectivity index (χ2v) is 5.33. The molecule has 0 saturated heterocycles. The van der Waals surface area contributed by atoms with E-state index in [1.165, 1.54) is 11.1 Å². The van der Waals surface area contributed by atoms with E-state index in [0.29, 0.717) is 0 Å². The molecule has 0 amide bonds. The smallest absolute Gasteiger partial charge is 0.139 e. The average Bonchev–Trinajstić information content (AvgIpc) is 2.41. The molecule has 112 valence electrons. The fourth-order valence-corrected chi connectivity index (χ4v) is 2.51. The van der Waals surface area contributed by atoms with Crippen LogP contribution in [0.3, 0.4) is 0 Å². The summed E-state index contributed by atoms with van der Waals surface area (Å²) < 4.78 is 0. The van der Waals surface area contributed by atoms with Gasteiger partial charge in [0.15, 0.2) is 0 Å². The fraction of sp³-hybridized carbons (Fsp3) is 0.412. The summed E-state index contributed by atoms with van der Waals surface area (Å²) in [7, 11) is 0. The zero-order valence-corrected chi connectivity index (χ0v) is 13.3. The second-order valence-electron chi connectivity index (χ2n) is 5.33. The van der Waals surface area contributed by atoms with Gasteiger partial charge in [0.05, 0.1) is 0 Å². The third kappa shape index (κ3) is 3.94. The number of aryl methyl sites for hydroxylation is 2. The van der Waals surface area contributed by atoms with E-state index >= 15 is 0 Å². The first-order valence-corrected chi connectivity index (χ1v) is 7.57. The van der Waals surface area contributed by atoms with Gasteiger partial charge in [0.2, 0.25) is 0 Å². The van der Waals surface area contributed by atoms with Crippen LogP contribution in [0.4, 0.5) is 17.3 Å². The maximum atomic E-state index is 4.43. The Morgan fingerprint density at radius 2 is 1.62 bits per heavy atom. The molecule has 0 atom stereocenters. The Hall–Kier alpha value is -2.10. The summed E-state index contributed by atoms with van der Waals surface area (Å²) >= 11 is 0. The molecule has 0 spiro atoms. The molecule has 0 unspecified atom stereocenters. The quantitative estimate of drug-likeness (QED) is 0.833. The predicted molar refractivity (Wildman–Crippen MR) is 89.4 cm³/mol. The van der Waals surface area contributed by atoms with Crippen LogP contribution in [0.2, 0.25) is 0 Å². The van der Waals surface area contributed by atoms with Crippen LogP contribution in [0, 0.1) is 13.8 Å². The van der Waals surface area contributed by atoms with Gasteiger partial charge in [-0.05, 0) is 50.5 Å². The highest BCUT2D eigenvalue weighted by atomic mass is 15.1. The van der Waals surface area contributed by atoms with Crippen molar-refractivity contribution in [2.24, 2.45) is 0 Å². The van der Waals surface area contributed by atoms with Crippen LogP contribution in [0.1, 0.15) is 37.0 Å². The molecule has 1 heterocycles. The molecule has 4 nitrogen and oxygen atoms in total. The third-order valence-corrected chi connectivity index (χ3v) is 3.27. The van der Waals surface area contributed by atoms with Gasteiger partial charge in [-0.2, -0.15) is 0 Å². The molecule has 4 heteroatoms. The lowest BCUT2D eigenvalue weighted by molar-refractivity contribution is 0.902. The fourth-order valence-electron chi connectivity index (χ4n) is 2.51. The number of benzene rings is 1. The van der Waals surface area contributed by atoms with Crippen molar-refractivity contribution in [1.29, 1.82) is 0 Å². The highest BCUT2D eigenvalue weighted by Crippen LogP contribution is 2.25. The summed E-state index contributed by atoms with van der Waals surface area (Å²) in [6, 6.07) is 6.44. The highest BCUT2D eigenvalue weighted by molar-refractivity contribution is 5.65. The summed E-state index contributed by atoms with van der Waals surface area (Å²) in [5.41, 5.74) is 4.72. The van der Waals surface area contributed by atoms with Gasteiger partial charge in [0.25, 0.3) is 0 Å². The number of nitrogens with zero attached hydrogens (tertiary/aromatic N) is 2. The molecule has 1 aromatic carbocycles. The Kier molecular flexibility index (Phi) is 5.14. The molecular formula is C17H24N4. The van der Waals surface area contributed by atoms with Crippen molar-refractivity contribution in [1.82, 2.24) is 9.97 Å². The number of hydrogen-bond acceptors (Lipinski definition) is 4. The highest BCUT2D eigenvalue weighted by Gasteiger charge is 2.10. The molecule has 0 fully saturated rings. The van der Waals surface area contributed by atoms with Gasteiger partial charge in [0.1, 0.15) is 18.0 Å². The maximum absolute atomic E-state index is 4.43. The van der Waals surface area contributed by atoms with E-state index in [1.807, 2.05) is 0 Å². The number of aromatic nitrogens is 2. The Labute approximate surface area is 127 Å². The first-order chi connectivity index (χ1) is 10.1. The van der Waals surface area contributed by atoms with Crippen LogP contribution in [0.15, 0.2) is 24.5 Å². The molecule has 2 aromatic rings. The molecule has 0 aliphatic carbocycles. The first kappa shape index (κ1) is 15.3. The molecule has 1 aromatic heterocycles. The number of anilines is 3. The van der Waals surface area contributed by atoms with Crippen molar-refractivity contribution in [2.75, 3.05) is 17.2 Å². The lowest BCUT2D eigenvalue weighted by Crippen LogP contribution is -2.08. The Morgan fingerprint density at radius 3 is 2.24 bits per heavy atom. The van der Waals surface area contributed by atoms with Gasteiger partial charge in [-0.1, -0.05) is 19.4 Å². The molecule has 0 aliphatic heterocycles. The van der Waals surface area contributed by atoms with Crippen LogP contribution < -0.4 is 10.6 Å². The van der Waals surface area contributed by atoms with Gasteiger partial charge < -0.3 is 10.6 Å². The van der Waals surface area contributed by atoms with Crippen molar-refractivity contribution in [3.8, 4) is 0 Å². The monoisotopic (exact) mass is 284 g/mol. The molecular weight excluding hydrogens is 260 g/mol. The van der Waals surface area contributed by atoms with Crippen LogP contribution >= 0.6 is 0 Å². The number of rotatable bonds is 6. The normalized spacial score (nSPS) is 10.5. The van der Waals surface area contributed by atoms with Crippen molar-refractivity contribution < 1.29 is 0 Å². The van der Waals surface area contributed by atoms with E-state index in [2.05, 4.69) is 66.5 Å². The zero-order valence-electron chi connectivity index (χ0n) is 13.3. The summed E-state index contributed by atoms with van der Waals surface area (Å²) in [6.45, 7) is 9.32. The summed E-state index contributed by atoms with van der Waals surface area (Å²) in [6.07, 6.45) is 3.63. The van der Waals surface area contributed by atoms with E-state index < -0.39 is 0 Å². The minimum atomic E-state index is 0.858. The van der Waals surface area contributed by atoms with Crippen LogP contribution in [0.5, 0.6) is 0 Å². The molecule has 2 rings (SSSR count). The van der Waals surface area contributed by atoms with E-state index in [4.69, 9.17) is 0 Å². The van der Waals surface area contributed by atoms with E-state index in [9.17, 15) is 0 Å². The lowest BCUT2D eigenvalue weighted by atomic mass is 10.1. The second kappa shape index (κ2) is 7.07. The van der Waals surface area contributed by atoms with Gasteiger partial charge in [-0.15, -0.1) is 0 Å². The van der Waals surface area contributed by atoms with Gasteiger partial charge in [-0.25, -0.2) is 9.97 Å². The SMILES string of the molecule is CCCc1c(NCC)ncnc1Nc1cc(C)cc(C)c1. The molecule has 0 saturated carbocycles. The Balaban J connectivity index is 2.35. The maximum Gasteiger partial charge on any atom is 0.139 e. The van der Waals surface area contributed by atoms with E-state index in [-0.39, 0.29) is 0 Å². The van der Waals surface area contributed by atoms with Crippen molar-refractivity contribution in [2.45, 2.75) is 40.5 Å². The van der Waals surface area contributed by atoms with Crippen molar-refractivity contribution >= 4 is 17.3 Å². The van der Waals surface area contributed by atoms with Gasteiger partial charge in [-0.3, -0.25) is 0 Å². The van der Waals surface area contributed by atoms with Gasteiger partial charge in [0, 0.05) is 17.8 Å². The molecule has 21 heavy (non-hydrogen) atoms. The van der Waals surface area contributed by atoms with Crippen LogP contribution in [-0.4, -0.2) is 16.5 Å². The topological polar surface area (TPSA) is 49.8 Å². The molecule has 2 N–H and O–H groups in total. The molecule has 0 aliphatic rings. The first-order valence-electron chi connectivity index (χ1n) is 7.57. The number of hydrogen-bond donors (Lipinski definition) is 2. The minimum Gasteiger partial charge on any atom is -0.370 e. The average molecular weight is 284 g/mol. The van der Waals surface area contributed by atoms with Crippen LogP contribution in [-0.2, 0) is 6.42 Å². The number of nitrogens with one attached hydrogen (secondary N) is 2.